The average molecular weight is 353 g/mol. The quantitative estimate of drug-likeness (QED) is 0.905. The maximum atomic E-state index is 12.7. The van der Waals surface area contributed by atoms with Gasteiger partial charge < -0.3 is 10.1 Å². The van der Waals surface area contributed by atoms with Crippen molar-refractivity contribution < 1.29 is 14.3 Å². The van der Waals surface area contributed by atoms with Crippen molar-refractivity contribution in [1.82, 2.24) is 15.2 Å². The SMILES string of the molecule is Cc1nc(C)c([C@@H](C)NC(=O)[C@@H]2CCCN2C(=O)OC(C)(C)C)s1. The Bertz CT molecular complexity index is 621. The fourth-order valence-electron chi connectivity index (χ4n) is 2.90. The van der Waals surface area contributed by atoms with Gasteiger partial charge in [-0.15, -0.1) is 11.3 Å². The number of nitrogens with zero attached hydrogens (tertiary/aromatic N) is 2. The highest BCUT2D eigenvalue weighted by molar-refractivity contribution is 7.11. The topological polar surface area (TPSA) is 71.5 Å². The zero-order valence-corrected chi connectivity index (χ0v) is 16.1. The van der Waals surface area contributed by atoms with Gasteiger partial charge in [0.1, 0.15) is 11.6 Å². The van der Waals surface area contributed by atoms with Crippen LogP contribution in [-0.4, -0.2) is 40.1 Å². The second kappa shape index (κ2) is 7.09. The Morgan fingerprint density at radius 3 is 2.58 bits per heavy atom. The first-order chi connectivity index (χ1) is 11.1. The first-order valence-electron chi connectivity index (χ1n) is 8.32. The molecule has 2 atom stereocenters. The molecule has 7 heteroatoms. The third kappa shape index (κ3) is 4.47. The van der Waals surface area contributed by atoms with Crippen molar-refractivity contribution in [1.29, 1.82) is 0 Å². The molecule has 1 fully saturated rings. The summed E-state index contributed by atoms with van der Waals surface area (Å²) in [6.45, 7) is 11.9. The van der Waals surface area contributed by atoms with E-state index < -0.39 is 17.7 Å². The van der Waals surface area contributed by atoms with Gasteiger partial charge in [0.15, 0.2) is 0 Å². The number of aromatic nitrogens is 1. The Kier molecular flexibility index (Phi) is 5.52. The van der Waals surface area contributed by atoms with Crippen LogP contribution in [0.4, 0.5) is 4.79 Å². The van der Waals surface area contributed by atoms with Crippen molar-refractivity contribution in [3.05, 3.63) is 15.6 Å². The minimum atomic E-state index is -0.564. The summed E-state index contributed by atoms with van der Waals surface area (Å²) in [4.78, 5) is 32.0. The molecular weight excluding hydrogens is 326 g/mol. The van der Waals surface area contributed by atoms with Gasteiger partial charge in [-0.2, -0.15) is 0 Å². The number of hydrogen-bond acceptors (Lipinski definition) is 5. The van der Waals surface area contributed by atoms with Crippen LogP contribution in [0.2, 0.25) is 0 Å². The third-order valence-corrected chi connectivity index (χ3v) is 5.13. The van der Waals surface area contributed by atoms with Crippen molar-refractivity contribution in [2.24, 2.45) is 0 Å². The minimum Gasteiger partial charge on any atom is -0.444 e. The number of ether oxygens (including phenoxy) is 1. The predicted octanol–water partition coefficient (Wildman–Crippen LogP) is 3.34. The van der Waals surface area contributed by atoms with Gasteiger partial charge in [0, 0.05) is 11.4 Å². The maximum Gasteiger partial charge on any atom is 0.410 e. The summed E-state index contributed by atoms with van der Waals surface area (Å²) < 4.78 is 5.41. The van der Waals surface area contributed by atoms with Crippen LogP contribution in [0.1, 0.15) is 62.2 Å². The Morgan fingerprint density at radius 1 is 1.38 bits per heavy atom. The molecule has 0 saturated carbocycles. The Hall–Kier alpha value is -1.63. The summed E-state index contributed by atoms with van der Waals surface area (Å²) in [7, 11) is 0. The molecule has 0 radical (unpaired) electrons. The number of aryl methyl sites for hydroxylation is 2. The Morgan fingerprint density at radius 2 is 2.04 bits per heavy atom. The maximum absolute atomic E-state index is 12.7. The molecule has 2 heterocycles. The zero-order chi connectivity index (χ0) is 18.1. The van der Waals surface area contributed by atoms with Crippen molar-refractivity contribution in [2.75, 3.05) is 6.54 Å². The molecule has 1 aromatic heterocycles. The van der Waals surface area contributed by atoms with Crippen LogP contribution in [0, 0.1) is 13.8 Å². The first kappa shape index (κ1) is 18.7. The molecule has 0 spiro atoms. The third-order valence-electron chi connectivity index (χ3n) is 3.87. The van der Waals surface area contributed by atoms with Crippen LogP contribution in [0.3, 0.4) is 0 Å². The second-order valence-corrected chi connectivity index (χ2v) is 8.48. The summed E-state index contributed by atoms with van der Waals surface area (Å²) in [6, 6.07) is -0.582. The molecule has 1 aliphatic heterocycles. The monoisotopic (exact) mass is 353 g/mol. The molecule has 1 N–H and O–H groups in total. The molecule has 6 nitrogen and oxygen atoms in total. The van der Waals surface area contributed by atoms with E-state index in [4.69, 9.17) is 4.74 Å². The average Bonchev–Trinajstić information content (AvgIpc) is 3.03. The number of rotatable bonds is 3. The zero-order valence-electron chi connectivity index (χ0n) is 15.3. The van der Waals surface area contributed by atoms with E-state index in [-0.39, 0.29) is 11.9 Å². The lowest BCUT2D eigenvalue weighted by Gasteiger charge is -2.28. The number of amides is 2. The molecule has 0 unspecified atom stereocenters. The molecule has 2 rings (SSSR count). The van der Waals surface area contributed by atoms with Crippen molar-refractivity contribution in [2.45, 2.75) is 72.1 Å². The van der Waals surface area contributed by atoms with E-state index in [0.29, 0.717) is 13.0 Å². The van der Waals surface area contributed by atoms with Crippen LogP contribution in [0.15, 0.2) is 0 Å². The number of nitrogens with one attached hydrogen (secondary N) is 1. The van der Waals surface area contributed by atoms with Gasteiger partial charge in [-0.3, -0.25) is 9.69 Å². The number of carbonyl (C=O) groups excluding carboxylic acids is 2. The summed E-state index contributed by atoms with van der Waals surface area (Å²) in [5.41, 5.74) is 0.381. The highest BCUT2D eigenvalue weighted by atomic mass is 32.1. The highest BCUT2D eigenvalue weighted by Crippen LogP contribution is 2.26. The molecule has 1 saturated heterocycles. The highest BCUT2D eigenvalue weighted by Gasteiger charge is 2.37. The van der Waals surface area contributed by atoms with Crippen molar-refractivity contribution >= 4 is 23.3 Å². The largest absolute Gasteiger partial charge is 0.444 e. The lowest BCUT2D eigenvalue weighted by Crippen LogP contribution is -2.48. The van der Waals surface area contributed by atoms with E-state index in [1.165, 1.54) is 4.90 Å². The van der Waals surface area contributed by atoms with Gasteiger partial charge in [-0.1, -0.05) is 0 Å². The van der Waals surface area contributed by atoms with Crippen LogP contribution in [-0.2, 0) is 9.53 Å². The van der Waals surface area contributed by atoms with E-state index in [1.807, 2.05) is 41.5 Å². The summed E-state index contributed by atoms with van der Waals surface area (Å²) >= 11 is 1.59. The predicted molar refractivity (Wildman–Crippen MR) is 94.1 cm³/mol. The standard InChI is InChI=1S/C17H27N3O3S/c1-10-14(24-12(3)18-10)11(2)19-15(21)13-8-7-9-20(13)16(22)23-17(4,5)6/h11,13H,7-9H2,1-6H3,(H,19,21)/t11-,13+/m1/s1. The lowest BCUT2D eigenvalue weighted by atomic mass is 10.1. The van der Waals surface area contributed by atoms with Crippen molar-refractivity contribution in [3.8, 4) is 0 Å². The van der Waals surface area contributed by atoms with E-state index in [2.05, 4.69) is 10.3 Å². The molecular formula is C17H27N3O3S. The van der Waals surface area contributed by atoms with Gasteiger partial charge in [0.2, 0.25) is 5.91 Å². The summed E-state index contributed by atoms with van der Waals surface area (Å²) in [5.74, 6) is -0.128. The fourth-order valence-corrected chi connectivity index (χ4v) is 3.83. The van der Waals surface area contributed by atoms with Gasteiger partial charge in [-0.25, -0.2) is 9.78 Å². The van der Waals surface area contributed by atoms with Crippen molar-refractivity contribution in [3.63, 3.8) is 0 Å². The number of likely N-dealkylation sites (tertiary alicyclic amines) is 1. The lowest BCUT2D eigenvalue weighted by molar-refractivity contribution is -0.126. The molecule has 2 amide bonds. The summed E-state index contributed by atoms with van der Waals surface area (Å²) in [5, 5.41) is 4.01. The van der Waals surface area contributed by atoms with E-state index in [1.54, 1.807) is 11.3 Å². The normalized spacial score (nSPS) is 19.2. The van der Waals surface area contributed by atoms with Crippen LogP contribution in [0.5, 0.6) is 0 Å². The molecule has 0 bridgehead atoms. The van der Waals surface area contributed by atoms with Gasteiger partial charge in [0.25, 0.3) is 0 Å². The van der Waals surface area contributed by atoms with Crippen LogP contribution >= 0.6 is 11.3 Å². The van der Waals surface area contributed by atoms with Crippen LogP contribution in [0.25, 0.3) is 0 Å². The molecule has 24 heavy (non-hydrogen) atoms. The minimum absolute atomic E-state index is 0.121. The van der Waals surface area contributed by atoms with Gasteiger partial charge in [-0.05, 0) is 54.4 Å². The smallest absolute Gasteiger partial charge is 0.410 e. The van der Waals surface area contributed by atoms with Crippen LogP contribution < -0.4 is 5.32 Å². The van der Waals surface area contributed by atoms with E-state index in [9.17, 15) is 9.59 Å². The van der Waals surface area contributed by atoms with E-state index in [0.717, 1.165) is 22.0 Å². The fraction of sp³-hybridized carbons (Fsp3) is 0.706. The molecule has 1 aliphatic rings. The number of carbonyl (C=O) groups is 2. The number of hydrogen-bond donors (Lipinski definition) is 1. The van der Waals surface area contributed by atoms with Gasteiger partial charge in [0.05, 0.1) is 16.7 Å². The Balaban J connectivity index is 2.03. The van der Waals surface area contributed by atoms with E-state index >= 15 is 0 Å². The first-order valence-corrected chi connectivity index (χ1v) is 9.14. The number of thiazole rings is 1. The Labute approximate surface area is 147 Å². The molecule has 0 aliphatic carbocycles. The molecule has 1 aromatic rings. The second-order valence-electron chi connectivity index (χ2n) is 7.24. The molecule has 0 aromatic carbocycles. The van der Waals surface area contributed by atoms with Gasteiger partial charge >= 0.3 is 6.09 Å². The molecule has 134 valence electrons. The summed E-state index contributed by atoms with van der Waals surface area (Å²) in [6.07, 6.45) is 1.06.